The number of likely N-dealkylation sites (tertiary alicyclic amines) is 1. The summed E-state index contributed by atoms with van der Waals surface area (Å²) < 4.78 is 0. The van der Waals surface area contributed by atoms with Crippen LogP contribution in [0.25, 0.3) is 0 Å². The van der Waals surface area contributed by atoms with Gasteiger partial charge in [0.25, 0.3) is 0 Å². The van der Waals surface area contributed by atoms with Gasteiger partial charge < -0.3 is 20.2 Å². The zero-order valence-electron chi connectivity index (χ0n) is 16.1. The molecule has 0 aromatic heterocycles. The van der Waals surface area contributed by atoms with E-state index in [1.54, 1.807) is 0 Å². The molecule has 1 fully saturated rings. The first-order chi connectivity index (χ1) is 11.8. The van der Waals surface area contributed by atoms with E-state index in [9.17, 15) is 4.79 Å². The molecule has 1 aliphatic heterocycles. The molecular formula is C20H33N3O2. The summed E-state index contributed by atoms with van der Waals surface area (Å²) in [5.74, 6) is 0. The fourth-order valence-corrected chi connectivity index (χ4v) is 3.45. The number of benzene rings is 1. The van der Waals surface area contributed by atoms with Gasteiger partial charge in [0, 0.05) is 38.0 Å². The Morgan fingerprint density at radius 1 is 1.28 bits per heavy atom. The average Bonchev–Trinajstić information content (AvgIpc) is 2.59. The molecule has 1 aliphatic rings. The molecular weight excluding hydrogens is 314 g/mol. The van der Waals surface area contributed by atoms with E-state index >= 15 is 0 Å². The molecule has 2 N–H and O–H groups in total. The van der Waals surface area contributed by atoms with Gasteiger partial charge in [-0.05, 0) is 43.4 Å². The summed E-state index contributed by atoms with van der Waals surface area (Å²) in [4.78, 5) is 16.9. The van der Waals surface area contributed by atoms with Gasteiger partial charge in [-0.3, -0.25) is 0 Å². The molecule has 0 radical (unpaired) electrons. The second kappa shape index (κ2) is 8.68. The quantitative estimate of drug-likeness (QED) is 0.859. The van der Waals surface area contributed by atoms with Crippen LogP contribution in [0, 0.1) is 0 Å². The summed E-state index contributed by atoms with van der Waals surface area (Å²) in [6, 6.07) is 8.54. The van der Waals surface area contributed by atoms with Crippen LogP contribution in [-0.2, 0) is 5.41 Å². The number of rotatable bonds is 5. The van der Waals surface area contributed by atoms with E-state index < -0.39 is 0 Å². The Labute approximate surface area is 152 Å². The standard InChI is InChI=1S/C20H33N3O2/c1-20(2,3)17-8-5-6-9-18(17)21-19(25)23-13-10-16(11-14-23)22(4)12-7-15-24/h5-6,8-9,16,24H,7,10-15H2,1-4H3,(H,21,25). The Kier molecular flexibility index (Phi) is 6.85. The van der Waals surface area contributed by atoms with Crippen LogP contribution < -0.4 is 5.32 Å². The number of nitrogens with one attached hydrogen (secondary N) is 1. The van der Waals surface area contributed by atoms with Crippen molar-refractivity contribution in [2.45, 2.75) is 51.5 Å². The predicted octanol–water partition coefficient (Wildman–Crippen LogP) is 3.29. The molecule has 2 amide bonds. The van der Waals surface area contributed by atoms with Gasteiger partial charge >= 0.3 is 6.03 Å². The molecule has 2 rings (SSSR count). The maximum Gasteiger partial charge on any atom is 0.321 e. The Morgan fingerprint density at radius 3 is 2.52 bits per heavy atom. The van der Waals surface area contributed by atoms with Crippen LogP contribution in [-0.4, -0.2) is 60.3 Å². The highest BCUT2D eigenvalue weighted by Crippen LogP contribution is 2.29. The summed E-state index contributed by atoms with van der Waals surface area (Å²) in [5.41, 5.74) is 2.05. The second-order valence-electron chi connectivity index (χ2n) is 8.00. The smallest absolute Gasteiger partial charge is 0.321 e. The molecule has 140 valence electrons. The number of urea groups is 1. The lowest BCUT2D eigenvalue weighted by Crippen LogP contribution is -2.47. The Bertz CT molecular complexity index is 560. The van der Waals surface area contributed by atoms with Crippen molar-refractivity contribution in [3.05, 3.63) is 29.8 Å². The van der Waals surface area contributed by atoms with Crippen molar-refractivity contribution in [3.63, 3.8) is 0 Å². The van der Waals surface area contributed by atoms with E-state index in [4.69, 9.17) is 5.11 Å². The minimum Gasteiger partial charge on any atom is -0.396 e. The molecule has 25 heavy (non-hydrogen) atoms. The van der Waals surface area contributed by atoms with Crippen LogP contribution in [0.5, 0.6) is 0 Å². The fraction of sp³-hybridized carbons (Fsp3) is 0.650. The summed E-state index contributed by atoms with van der Waals surface area (Å²) in [6.07, 6.45) is 2.77. The van der Waals surface area contributed by atoms with Crippen LogP contribution in [0.3, 0.4) is 0 Å². The molecule has 5 heteroatoms. The minimum atomic E-state index is -0.00765. The number of aliphatic hydroxyl groups is 1. The second-order valence-corrected chi connectivity index (χ2v) is 8.00. The van der Waals surface area contributed by atoms with E-state index in [2.05, 4.69) is 44.1 Å². The lowest BCUT2D eigenvalue weighted by atomic mass is 9.86. The molecule has 1 aromatic rings. The number of piperidine rings is 1. The fourth-order valence-electron chi connectivity index (χ4n) is 3.45. The highest BCUT2D eigenvalue weighted by atomic mass is 16.3. The Balaban J connectivity index is 1.92. The normalized spacial score (nSPS) is 16.3. The van der Waals surface area contributed by atoms with Crippen LogP contribution in [0.4, 0.5) is 10.5 Å². The molecule has 0 unspecified atom stereocenters. The van der Waals surface area contributed by atoms with Crippen molar-refractivity contribution in [1.29, 1.82) is 0 Å². The highest BCUT2D eigenvalue weighted by Gasteiger charge is 2.26. The van der Waals surface area contributed by atoms with Gasteiger partial charge in [-0.2, -0.15) is 0 Å². The number of anilines is 1. The van der Waals surface area contributed by atoms with Crippen LogP contribution >= 0.6 is 0 Å². The third-order valence-electron chi connectivity index (χ3n) is 5.02. The summed E-state index contributed by atoms with van der Waals surface area (Å²) in [6.45, 7) is 9.17. The first kappa shape index (κ1) is 19.7. The van der Waals surface area contributed by atoms with Gasteiger partial charge in [0.2, 0.25) is 0 Å². The number of amides is 2. The first-order valence-corrected chi connectivity index (χ1v) is 9.29. The first-order valence-electron chi connectivity index (χ1n) is 9.29. The van der Waals surface area contributed by atoms with Crippen molar-refractivity contribution in [3.8, 4) is 0 Å². The van der Waals surface area contributed by atoms with E-state index in [0.29, 0.717) is 6.04 Å². The van der Waals surface area contributed by atoms with Gasteiger partial charge in [-0.25, -0.2) is 4.79 Å². The van der Waals surface area contributed by atoms with Gasteiger partial charge in [0.15, 0.2) is 0 Å². The lowest BCUT2D eigenvalue weighted by molar-refractivity contribution is 0.134. The van der Waals surface area contributed by atoms with E-state index in [1.165, 1.54) is 0 Å². The van der Waals surface area contributed by atoms with Gasteiger partial charge in [-0.1, -0.05) is 39.0 Å². The minimum absolute atomic E-state index is 0.00633. The number of carbonyl (C=O) groups excluding carboxylic acids is 1. The summed E-state index contributed by atoms with van der Waals surface area (Å²) in [5, 5.41) is 12.1. The molecule has 0 saturated carbocycles. The zero-order chi connectivity index (χ0) is 18.4. The van der Waals surface area contributed by atoms with Crippen LogP contribution in [0.1, 0.15) is 45.6 Å². The third-order valence-corrected chi connectivity index (χ3v) is 5.02. The SMILES string of the molecule is CN(CCCO)C1CCN(C(=O)Nc2ccccc2C(C)(C)C)CC1. The third kappa shape index (κ3) is 5.44. The maximum atomic E-state index is 12.7. The van der Waals surface area contributed by atoms with Crippen LogP contribution in [0.2, 0.25) is 0 Å². The van der Waals surface area contributed by atoms with Crippen molar-refractivity contribution in [2.24, 2.45) is 0 Å². The molecule has 1 saturated heterocycles. The Hall–Kier alpha value is -1.59. The van der Waals surface area contributed by atoms with Crippen molar-refractivity contribution >= 4 is 11.7 Å². The lowest BCUT2D eigenvalue weighted by Gasteiger charge is -2.37. The number of hydrogen-bond acceptors (Lipinski definition) is 3. The largest absolute Gasteiger partial charge is 0.396 e. The van der Waals surface area contributed by atoms with E-state index in [0.717, 1.165) is 50.1 Å². The number of hydrogen-bond donors (Lipinski definition) is 2. The molecule has 0 aliphatic carbocycles. The van der Waals surface area contributed by atoms with Crippen LogP contribution in [0.15, 0.2) is 24.3 Å². The van der Waals surface area contributed by atoms with Crippen molar-refractivity contribution in [2.75, 3.05) is 38.6 Å². The summed E-state index contributed by atoms with van der Waals surface area (Å²) in [7, 11) is 2.11. The zero-order valence-corrected chi connectivity index (χ0v) is 16.1. The number of carbonyl (C=O) groups is 1. The maximum absolute atomic E-state index is 12.7. The topological polar surface area (TPSA) is 55.8 Å². The molecule has 0 bridgehead atoms. The van der Waals surface area contributed by atoms with Crippen molar-refractivity contribution in [1.82, 2.24) is 9.80 Å². The molecule has 0 atom stereocenters. The molecule has 1 aromatic carbocycles. The monoisotopic (exact) mass is 347 g/mol. The number of para-hydroxylation sites is 1. The Morgan fingerprint density at radius 2 is 1.92 bits per heavy atom. The predicted molar refractivity (Wildman–Crippen MR) is 103 cm³/mol. The summed E-state index contributed by atoms with van der Waals surface area (Å²) >= 11 is 0. The van der Waals surface area contributed by atoms with Gasteiger partial charge in [0.05, 0.1) is 0 Å². The number of aliphatic hydroxyl groups excluding tert-OH is 1. The average molecular weight is 348 g/mol. The molecule has 1 heterocycles. The molecule has 5 nitrogen and oxygen atoms in total. The van der Waals surface area contributed by atoms with E-state index in [1.807, 2.05) is 23.1 Å². The molecule has 0 spiro atoms. The van der Waals surface area contributed by atoms with Gasteiger partial charge in [0.1, 0.15) is 0 Å². The highest BCUT2D eigenvalue weighted by molar-refractivity contribution is 5.90. The number of nitrogens with zero attached hydrogens (tertiary/aromatic N) is 2. The van der Waals surface area contributed by atoms with E-state index in [-0.39, 0.29) is 18.1 Å². The van der Waals surface area contributed by atoms with Gasteiger partial charge in [-0.15, -0.1) is 0 Å². The van der Waals surface area contributed by atoms with Crippen molar-refractivity contribution < 1.29 is 9.90 Å².